The summed E-state index contributed by atoms with van der Waals surface area (Å²) in [6.07, 6.45) is 0. The monoisotopic (exact) mass is 191 g/mol. The van der Waals surface area contributed by atoms with Crippen molar-refractivity contribution in [3.8, 4) is 0 Å². The molecule has 0 fully saturated rings. The molecule has 0 saturated carbocycles. The zero-order valence-corrected chi connectivity index (χ0v) is 9.27. The molecule has 0 spiro atoms. The van der Waals surface area contributed by atoms with Crippen molar-refractivity contribution in [1.29, 1.82) is 0 Å². The van der Waals surface area contributed by atoms with Crippen LogP contribution < -0.4 is 5.32 Å². The summed E-state index contributed by atoms with van der Waals surface area (Å²) < 4.78 is 0. The van der Waals surface area contributed by atoms with Gasteiger partial charge >= 0.3 is 0 Å². The first kappa shape index (κ1) is 10.8. The lowest BCUT2D eigenvalue weighted by molar-refractivity contribution is -0.119. The number of hydrogen-bond donors (Lipinski definition) is 1. The van der Waals surface area contributed by atoms with Gasteiger partial charge in [0.05, 0.1) is 0 Å². The Labute approximate surface area is 85.3 Å². The van der Waals surface area contributed by atoms with Gasteiger partial charge in [0.1, 0.15) is 0 Å². The summed E-state index contributed by atoms with van der Waals surface area (Å²) in [7, 11) is 0. The summed E-state index contributed by atoms with van der Waals surface area (Å²) in [5.74, 6) is 0.0179. The van der Waals surface area contributed by atoms with Crippen molar-refractivity contribution in [3.63, 3.8) is 0 Å². The zero-order valence-electron chi connectivity index (χ0n) is 9.27. The lowest BCUT2D eigenvalue weighted by Crippen LogP contribution is -2.20. The fourth-order valence-corrected chi connectivity index (χ4v) is 1.70. The van der Waals surface area contributed by atoms with Crippen LogP contribution >= 0.6 is 0 Å². The smallest absolute Gasteiger partial charge is 0.217 e. The molecule has 0 heterocycles. The van der Waals surface area contributed by atoms with Gasteiger partial charge in [-0.25, -0.2) is 0 Å². The average molecular weight is 191 g/mol. The third kappa shape index (κ3) is 2.59. The van der Waals surface area contributed by atoms with Crippen LogP contribution in [0.3, 0.4) is 0 Å². The minimum Gasteiger partial charge on any atom is -0.352 e. The number of aryl methyl sites for hydroxylation is 3. The quantitative estimate of drug-likeness (QED) is 0.763. The van der Waals surface area contributed by atoms with E-state index in [1.165, 1.54) is 22.3 Å². The summed E-state index contributed by atoms with van der Waals surface area (Å²) in [5, 5.41) is 2.82. The largest absolute Gasteiger partial charge is 0.352 e. The molecule has 0 aromatic heterocycles. The van der Waals surface area contributed by atoms with E-state index in [0.717, 1.165) is 0 Å². The summed E-state index contributed by atoms with van der Waals surface area (Å²) in [6.45, 7) is 8.42. The number of amides is 1. The molecular formula is C12H17NO. The molecule has 0 atom stereocenters. The normalized spacial score (nSPS) is 10.0. The molecule has 1 amide bonds. The van der Waals surface area contributed by atoms with Gasteiger partial charge in [-0.05, 0) is 37.5 Å². The Morgan fingerprint density at radius 3 is 2.14 bits per heavy atom. The standard InChI is InChI=1S/C12H17NO/c1-8-5-9(2)12(10(3)6-8)7-13-11(4)14/h5-6H,7H2,1-4H3,(H,13,14). The van der Waals surface area contributed by atoms with Crippen LogP contribution in [0.1, 0.15) is 29.2 Å². The lowest BCUT2D eigenvalue weighted by Gasteiger charge is -2.11. The maximum Gasteiger partial charge on any atom is 0.217 e. The van der Waals surface area contributed by atoms with Crippen molar-refractivity contribution in [2.75, 3.05) is 0 Å². The second-order valence-electron chi connectivity index (χ2n) is 3.79. The zero-order chi connectivity index (χ0) is 10.7. The second-order valence-corrected chi connectivity index (χ2v) is 3.79. The van der Waals surface area contributed by atoms with Crippen molar-refractivity contribution < 1.29 is 4.79 Å². The van der Waals surface area contributed by atoms with Crippen molar-refractivity contribution >= 4 is 5.91 Å². The van der Waals surface area contributed by atoms with E-state index >= 15 is 0 Å². The maximum atomic E-state index is 10.8. The van der Waals surface area contributed by atoms with Gasteiger partial charge in [-0.2, -0.15) is 0 Å². The number of hydrogen-bond acceptors (Lipinski definition) is 1. The molecule has 0 aliphatic heterocycles. The van der Waals surface area contributed by atoms with Crippen molar-refractivity contribution in [1.82, 2.24) is 5.32 Å². The third-order valence-electron chi connectivity index (χ3n) is 2.35. The average Bonchev–Trinajstić information content (AvgIpc) is 2.01. The summed E-state index contributed by atoms with van der Waals surface area (Å²) in [5.41, 5.74) is 4.99. The number of carbonyl (C=O) groups excluding carboxylic acids is 1. The Hall–Kier alpha value is -1.31. The summed E-state index contributed by atoms with van der Waals surface area (Å²) >= 11 is 0. The molecule has 1 rings (SSSR count). The first-order chi connectivity index (χ1) is 6.50. The first-order valence-corrected chi connectivity index (χ1v) is 4.82. The first-order valence-electron chi connectivity index (χ1n) is 4.82. The van der Waals surface area contributed by atoms with Crippen molar-refractivity contribution in [2.45, 2.75) is 34.2 Å². The predicted molar refractivity (Wildman–Crippen MR) is 58.2 cm³/mol. The Morgan fingerprint density at radius 1 is 1.21 bits per heavy atom. The van der Waals surface area contributed by atoms with Gasteiger partial charge in [0, 0.05) is 13.5 Å². The Balaban J connectivity index is 2.91. The van der Waals surface area contributed by atoms with Crippen LogP contribution in [0.25, 0.3) is 0 Å². The van der Waals surface area contributed by atoms with Gasteiger partial charge in [-0.3, -0.25) is 4.79 Å². The molecule has 0 unspecified atom stereocenters. The van der Waals surface area contributed by atoms with Crippen molar-refractivity contribution in [3.05, 3.63) is 34.4 Å². The highest BCUT2D eigenvalue weighted by Crippen LogP contribution is 2.15. The molecular weight excluding hydrogens is 174 g/mol. The lowest BCUT2D eigenvalue weighted by atomic mass is 10.00. The van der Waals surface area contributed by atoms with E-state index in [1.807, 2.05) is 0 Å². The van der Waals surface area contributed by atoms with Crippen LogP contribution in [0.2, 0.25) is 0 Å². The fourth-order valence-electron chi connectivity index (χ4n) is 1.70. The molecule has 2 heteroatoms. The second kappa shape index (κ2) is 4.27. The number of carbonyl (C=O) groups is 1. The molecule has 1 N–H and O–H groups in total. The van der Waals surface area contributed by atoms with E-state index in [1.54, 1.807) is 6.92 Å². The van der Waals surface area contributed by atoms with E-state index in [9.17, 15) is 4.79 Å². The Morgan fingerprint density at radius 2 is 1.71 bits per heavy atom. The van der Waals surface area contributed by atoms with Crippen LogP contribution in [0.4, 0.5) is 0 Å². The van der Waals surface area contributed by atoms with Gasteiger partial charge in [-0.15, -0.1) is 0 Å². The van der Waals surface area contributed by atoms with Gasteiger partial charge in [0.2, 0.25) is 5.91 Å². The molecule has 1 aromatic carbocycles. The van der Waals surface area contributed by atoms with E-state index in [-0.39, 0.29) is 5.91 Å². The number of nitrogens with one attached hydrogen (secondary N) is 1. The highest BCUT2D eigenvalue weighted by molar-refractivity contribution is 5.72. The van der Waals surface area contributed by atoms with Gasteiger partial charge in [-0.1, -0.05) is 17.7 Å². The number of benzene rings is 1. The highest BCUT2D eigenvalue weighted by atomic mass is 16.1. The van der Waals surface area contributed by atoms with Crippen LogP contribution in [0.15, 0.2) is 12.1 Å². The van der Waals surface area contributed by atoms with Gasteiger partial charge in [0.25, 0.3) is 0 Å². The van der Waals surface area contributed by atoms with Crippen LogP contribution in [-0.4, -0.2) is 5.91 Å². The molecule has 0 bridgehead atoms. The third-order valence-corrected chi connectivity index (χ3v) is 2.35. The highest BCUT2D eigenvalue weighted by Gasteiger charge is 2.03. The van der Waals surface area contributed by atoms with E-state index < -0.39 is 0 Å². The molecule has 14 heavy (non-hydrogen) atoms. The maximum absolute atomic E-state index is 10.8. The Bertz CT molecular complexity index is 332. The number of rotatable bonds is 2. The minimum absolute atomic E-state index is 0.0179. The fraction of sp³-hybridized carbons (Fsp3) is 0.417. The van der Waals surface area contributed by atoms with Gasteiger partial charge < -0.3 is 5.32 Å². The van der Waals surface area contributed by atoms with Crippen LogP contribution in [0.5, 0.6) is 0 Å². The van der Waals surface area contributed by atoms with E-state index in [0.29, 0.717) is 6.54 Å². The summed E-state index contributed by atoms with van der Waals surface area (Å²) in [6, 6.07) is 4.29. The van der Waals surface area contributed by atoms with E-state index in [2.05, 4.69) is 38.2 Å². The predicted octanol–water partition coefficient (Wildman–Crippen LogP) is 2.25. The summed E-state index contributed by atoms with van der Waals surface area (Å²) in [4.78, 5) is 10.8. The molecule has 76 valence electrons. The minimum atomic E-state index is 0.0179. The molecule has 1 aromatic rings. The molecule has 0 radical (unpaired) electrons. The van der Waals surface area contributed by atoms with Crippen molar-refractivity contribution in [2.24, 2.45) is 0 Å². The SMILES string of the molecule is CC(=O)NCc1c(C)cc(C)cc1C. The van der Waals surface area contributed by atoms with Gasteiger partial charge in [0.15, 0.2) is 0 Å². The van der Waals surface area contributed by atoms with Crippen LogP contribution in [0, 0.1) is 20.8 Å². The molecule has 0 aliphatic carbocycles. The van der Waals surface area contributed by atoms with E-state index in [4.69, 9.17) is 0 Å². The molecule has 0 saturated heterocycles. The van der Waals surface area contributed by atoms with Crippen LogP contribution in [-0.2, 0) is 11.3 Å². The topological polar surface area (TPSA) is 29.1 Å². The molecule has 0 aliphatic rings. The molecule has 2 nitrogen and oxygen atoms in total. The Kier molecular flexibility index (Phi) is 3.28.